The summed E-state index contributed by atoms with van der Waals surface area (Å²) in [7, 11) is 3.45. The Morgan fingerprint density at radius 1 is 1.05 bits per heavy atom. The van der Waals surface area contributed by atoms with E-state index in [1.54, 1.807) is 20.4 Å². The second kappa shape index (κ2) is 15.0. The summed E-state index contributed by atoms with van der Waals surface area (Å²) in [6, 6.07) is 4.08. The Morgan fingerprint density at radius 2 is 1.63 bits per heavy atom. The Morgan fingerprint density at radius 3 is 2.16 bits per heavy atom. The summed E-state index contributed by atoms with van der Waals surface area (Å²) >= 11 is 0. The summed E-state index contributed by atoms with van der Waals surface area (Å²) in [6.45, 7) is 8.57. The van der Waals surface area contributed by atoms with Crippen molar-refractivity contribution in [1.29, 1.82) is 0 Å². The van der Waals surface area contributed by atoms with Gasteiger partial charge in [0.05, 0.1) is 26.9 Å². The molecule has 3 heterocycles. The molecule has 0 bridgehead atoms. The van der Waals surface area contributed by atoms with Gasteiger partial charge in [-0.1, -0.05) is 6.07 Å². The van der Waals surface area contributed by atoms with Gasteiger partial charge in [0.1, 0.15) is 0 Å². The highest BCUT2D eigenvalue weighted by Crippen LogP contribution is 2.34. The van der Waals surface area contributed by atoms with Gasteiger partial charge < -0.3 is 29.3 Å². The molecule has 0 amide bonds. The van der Waals surface area contributed by atoms with Crippen molar-refractivity contribution in [3.63, 3.8) is 0 Å². The number of hydrogen-bond donors (Lipinski definition) is 2. The van der Waals surface area contributed by atoms with Crippen LogP contribution in [0.5, 0.6) is 5.88 Å². The molecule has 2 N–H and O–H groups in total. The highest BCUT2D eigenvalue weighted by molar-refractivity contribution is 5.73. The molecule has 0 aliphatic carbocycles. The van der Waals surface area contributed by atoms with Crippen LogP contribution in [0.25, 0.3) is 0 Å². The quantitative estimate of drug-likeness (QED) is 0.500. The third kappa shape index (κ3) is 11.8. The number of pyridine rings is 1. The van der Waals surface area contributed by atoms with E-state index in [-0.39, 0.29) is 5.41 Å². The van der Waals surface area contributed by atoms with Crippen LogP contribution in [0.4, 0.5) is 26.3 Å². The summed E-state index contributed by atoms with van der Waals surface area (Å²) in [6.07, 6.45) is -7.20. The Balaban J connectivity index is 0.000000426. The number of aromatic nitrogens is 1. The molecule has 1 spiro atoms. The van der Waals surface area contributed by atoms with Crippen molar-refractivity contribution in [1.82, 2.24) is 14.8 Å². The van der Waals surface area contributed by atoms with Crippen LogP contribution in [0.15, 0.2) is 18.3 Å². The van der Waals surface area contributed by atoms with E-state index < -0.39 is 24.3 Å². The highest BCUT2D eigenvalue weighted by atomic mass is 19.4. The number of methoxy groups -OCH3 is 2. The molecule has 1 unspecified atom stereocenters. The Kier molecular flexibility index (Phi) is 13.2. The highest BCUT2D eigenvalue weighted by Gasteiger charge is 2.41. The molecular formula is C22H31F6N3O7. The maximum atomic E-state index is 10.6. The van der Waals surface area contributed by atoms with E-state index in [2.05, 4.69) is 20.9 Å². The lowest BCUT2D eigenvalue weighted by molar-refractivity contribution is -0.193. The van der Waals surface area contributed by atoms with Gasteiger partial charge in [0.15, 0.2) is 0 Å². The number of hydrogen-bond acceptors (Lipinski definition) is 8. The van der Waals surface area contributed by atoms with E-state index >= 15 is 0 Å². The zero-order valence-corrected chi connectivity index (χ0v) is 20.8. The van der Waals surface area contributed by atoms with Crippen LogP contribution < -0.4 is 4.74 Å². The van der Waals surface area contributed by atoms with E-state index in [0.29, 0.717) is 0 Å². The van der Waals surface area contributed by atoms with Crippen molar-refractivity contribution >= 4 is 11.9 Å². The van der Waals surface area contributed by atoms with Gasteiger partial charge in [-0.25, -0.2) is 14.6 Å². The molecule has 2 saturated heterocycles. The monoisotopic (exact) mass is 563 g/mol. The normalized spacial score (nSPS) is 20.5. The van der Waals surface area contributed by atoms with E-state index in [9.17, 15) is 26.3 Å². The number of likely N-dealkylation sites (tertiary alicyclic amines) is 1. The van der Waals surface area contributed by atoms with Crippen LogP contribution in [0.2, 0.25) is 0 Å². The number of carbonyl (C=O) groups is 2. The second-order valence-electron chi connectivity index (χ2n) is 8.56. The smallest absolute Gasteiger partial charge is 0.481 e. The van der Waals surface area contributed by atoms with E-state index in [1.807, 2.05) is 6.07 Å². The minimum Gasteiger partial charge on any atom is -0.481 e. The lowest BCUT2D eigenvalue weighted by atomic mass is 9.87. The van der Waals surface area contributed by atoms with Crippen molar-refractivity contribution < 1.29 is 60.4 Å². The number of carboxylic acid groups (broad SMARTS) is 2. The molecule has 3 rings (SSSR count). The number of alkyl halides is 6. The molecule has 1 atom stereocenters. The largest absolute Gasteiger partial charge is 0.490 e. The zero-order valence-electron chi connectivity index (χ0n) is 20.8. The van der Waals surface area contributed by atoms with Crippen LogP contribution >= 0.6 is 0 Å². The number of carboxylic acids is 2. The lowest BCUT2D eigenvalue weighted by Crippen LogP contribution is -2.40. The van der Waals surface area contributed by atoms with Crippen LogP contribution in [0.1, 0.15) is 12.0 Å². The standard InChI is InChI=1S/C18H29N3O3.2C2HF3O2/c1-22-10-8-20-7-5-18(13-20)14-21(9-11-24-15-18)12-16-4-3-6-19-17(16)23-2;2*3-2(4,5)1(6)7/h3-4,6H,5,7-15H2,1-2H3;2*(H,6,7). The molecular weight excluding hydrogens is 532 g/mol. The number of halogens is 6. The van der Waals surface area contributed by atoms with Crippen LogP contribution in [-0.4, -0.2) is 116 Å². The molecule has 10 nitrogen and oxygen atoms in total. The summed E-state index contributed by atoms with van der Waals surface area (Å²) in [4.78, 5) is 27.1. The number of rotatable bonds is 6. The lowest BCUT2D eigenvalue weighted by Gasteiger charge is -2.32. The number of ether oxygens (including phenoxy) is 3. The van der Waals surface area contributed by atoms with Gasteiger partial charge in [-0.3, -0.25) is 4.90 Å². The molecule has 2 fully saturated rings. The predicted octanol–water partition coefficient (Wildman–Crippen LogP) is 2.53. The predicted molar refractivity (Wildman–Crippen MR) is 120 cm³/mol. The molecule has 2 aliphatic rings. The maximum absolute atomic E-state index is 10.6. The fourth-order valence-electron chi connectivity index (χ4n) is 3.87. The summed E-state index contributed by atoms with van der Waals surface area (Å²) < 4.78 is 80.1. The van der Waals surface area contributed by atoms with Crippen LogP contribution in [-0.2, 0) is 25.6 Å². The topological polar surface area (TPSA) is 122 Å². The first kappa shape index (κ1) is 33.3. The molecule has 16 heteroatoms. The first-order valence-electron chi connectivity index (χ1n) is 11.2. The third-order valence-electron chi connectivity index (χ3n) is 5.57. The van der Waals surface area contributed by atoms with E-state index in [1.165, 1.54) is 6.42 Å². The molecule has 0 radical (unpaired) electrons. The Bertz CT molecular complexity index is 864. The van der Waals surface area contributed by atoms with Gasteiger partial charge >= 0.3 is 24.3 Å². The van der Waals surface area contributed by atoms with Gasteiger partial charge in [0.25, 0.3) is 0 Å². The second-order valence-corrected chi connectivity index (χ2v) is 8.56. The van der Waals surface area contributed by atoms with E-state index in [4.69, 9.17) is 34.0 Å². The van der Waals surface area contributed by atoms with Crippen molar-refractivity contribution in [2.45, 2.75) is 25.3 Å². The molecule has 218 valence electrons. The molecule has 0 aromatic carbocycles. The molecule has 1 aromatic heterocycles. The average molecular weight is 563 g/mol. The van der Waals surface area contributed by atoms with Gasteiger partial charge in [-0.15, -0.1) is 0 Å². The molecule has 0 saturated carbocycles. The number of aliphatic carboxylic acids is 2. The van der Waals surface area contributed by atoms with Crippen molar-refractivity contribution in [3.05, 3.63) is 23.9 Å². The third-order valence-corrected chi connectivity index (χ3v) is 5.57. The first-order chi connectivity index (χ1) is 17.6. The Hall–Kier alpha value is -2.69. The van der Waals surface area contributed by atoms with Gasteiger partial charge in [-0.2, -0.15) is 26.3 Å². The van der Waals surface area contributed by atoms with Crippen molar-refractivity contribution in [3.8, 4) is 5.88 Å². The van der Waals surface area contributed by atoms with Gasteiger partial charge in [-0.05, 0) is 19.0 Å². The first-order valence-corrected chi connectivity index (χ1v) is 11.2. The fourth-order valence-corrected chi connectivity index (χ4v) is 3.87. The minimum absolute atomic E-state index is 0.236. The van der Waals surface area contributed by atoms with Crippen molar-refractivity contribution in [2.24, 2.45) is 5.41 Å². The van der Waals surface area contributed by atoms with Crippen LogP contribution in [0.3, 0.4) is 0 Å². The van der Waals surface area contributed by atoms with Crippen LogP contribution in [0, 0.1) is 5.41 Å². The zero-order chi connectivity index (χ0) is 29.0. The Labute approximate surface area is 215 Å². The number of nitrogens with zero attached hydrogens (tertiary/aromatic N) is 3. The summed E-state index contributed by atoms with van der Waals surface area (Å²) in [5.41, 5.74) is 1.38. The SMILES string of the molecule is COCCN1CCC2(COCCN(Cc3cccnc3OC)C2)C1.O=C(O)C(F)(F)F.O=C(O)C(F)(F)F. The average Bonchev–Trinajstić information content (AvgIpc) is 3.11. The maximum Gasteiger partial charge on any atom is 0.490 e. The minimum atomic E-state index is -5.08. The summed E-state index contributed by atoms with van der Waals surface area (Å²) in [5, 5.41) is 14.2. The fraction of sp³-hybridized carbons (Fsp3) is 0.682. The van der Waals surface area contributed by atoms with Gasteiger partial charge in [0, 0.05) is 57.0 Å². The molecule has 2 aliphatic heterocycles. The molecule has 38 heavy (non-hydrogen) atoms. The molecule has 1 aromatic rings. The summed E-state index contributed by atoms with van der Waals surface area (Å²) in [5.74, 6) is -4.79. The van der Waals surface area contributed by atoms with E-state index in [0.717, 1.165) is 70.5 Å². The van der Waals surface area contributed by atoms with Gasteiger partial charge in [0.2, 0.25) is 5.88 Å². The van der Waals surface area contributed by atoms with Crippen molar-refractivity contribution in [2.75, 3.05) is 66.8 Å².